The van der Waals surface area contributed by atoms with Gasteiger partial charge in [0.05, 0.1) is 30.3 Å². The zero-order chi connectivity index (χ0) is 23.5. The highest BCUT2D eigenvalue weighted by atomic mass is 16.5. The van der Waals surface area contributed by atoms with E-state index in [0.29, 0.717) is 17.9 Å². The van der Waals surface area contributed by atoms with Crippen LogP contribution in [0, 0.1) is 0 Å². The van der Waals surface area contributed by atoms with Crippen molar-refractivity contribution in [2.75, 3.05) is 7.11 Å². The van der Waals surface area contributed by atoms with Gasteiger partial charge in [-0.25, -0.2) is 4.79 Å². The number of hydrogen-bond acceptors (Lipinski definition) is 5. The lowest BCUT2D eigenvalue weighted by molar-refractivity contribution is 0.0638. The molecule has 1 heterocycles. The second-order valence-electron chi connectivity index (χ2n) is 7.49. The summed E-state index contributed by atoms with van der Waals surface area (Å²) in [6, 6.07) is 17.6. The Kier molecular flexibility index (Phi) is 5.91. The van der Waals surface area contributed by atoms with Crippen LogP contribution in [0.5, 0.6) is 5.75 Å². The van der Waals surface area contributed by atoms with Gasteiger partial charge >= 0.3 is 5.97 Å². The van der Waals surface area contributed by atoms with Gasteiger partial charge < -0.3 is 15.2 Å². The number of carboxylic acids is 1. The summed E-state index contributed by atoms with van der Waals surface area (Å²) in [7, 11) is 1.58. The van der Waals surface area contributed by atoms with Crippen LogP contribution in [0.2, 0.25) is 0 Å². The van der Waals surface area contributed by atoms with E-state index in [-0.39, 0.29) is 34.7 Å². The minimum absolute atomic E-state index is 0.00520. The molecule has 3 amide bonds. The van der Waals surface area contributed by atoms with Crippen LogP contribution >= 0.6 is 0 Å². The molecule has 1 aliphatic rings. The zero-order valence-electron chi connectivity index (χ0n) is 17.7. The summed E-state index contributed by atoms with van der Waals surface area (Å²) in [6.45, 7) is 0.302. The van der Waals surface area contributed by atoms with Crippen LogP contribution < -0.4 is 10.1 Å². The molecule has 0 aromatic heterocycles. The number of carboxylic acid groups (broad SMARTS) is 1. The maximum absolute atomic E-state index is 12.9. The average molecular weight is 444 g/mol. The van der Waals surface area contributed by atoms with E-state index in [1.54, 1.807) is 31.4 Å². The first-order chi connectivity index (χ1) is 15.9. The van der Waals surface area contributed by atoms with Crippen LogP contribution in [0.1, 0.15) is 52.6 Å². The molecule has 0 spiro atoms. The highest BCUT2D eigenvalue weighted by Gasteiger charge is 2.36. The zero-order valence-corrected chi connectivity index (χ0v) is 17.7. The first-order valence-corrected chi connectivity index (χ1v) is 10.1. The SMILES string of the molecule is COc1ccc(CNC(=O)c2ccc3c(c2)C(=O)N(Cc2ccc(C(=O)O)cc2)C3=O)cc1. The first kappa shape index (κ1) is 21.8. The Morgan fingerprint density at radius 3 is 2.09 bits per heavy atom. The molecular formula is C25H20N2O6. The van der Waals surface area contributed by atoms with E-state index >= 15 is 0 Å². The van der Waals surface area contributed by atoms with Gasteiger partial charge in [0.25, 0.3) is 17.7 Å². The summed E-state index contributed by atoms with van der Waals surface area (Å²) in [5.74, 6) is -1.66. The second-order valence-corrected chi connectivity index (χ2v) is 7.49. The lowest BCUT2D eigenvalue weighted by Crippen LogP contribution is -2.29. The number of benzene rings is 3. The monoisotopic (exact) mass is 444 g/mol. The number of rotatable bonds is 7. The molecule has 33 heavy (non-hydrogen) atoms. The molecule has 0 atom stereocenters. The van der Waals surface area contributed by atoms with Gasteiger partial charge in [-0.1, -0.05) is 24.3 Å². The third kappa shape index (κ3) is 4.45. The number of imide groups is 1. The number of nitrogens with zero attached hydrogens (tertiary/aromatic N) is 1. The van der Waals surface area contributed by atoms with Gasteiger partial charge in [-0.2, -0.15) is 0 Å². The fourth-order valence-corrected chi connectivity index (χ4v) is 3.54. The van der Waals surface area contributed by atoms with Gasteiger partial charge in [0, 0.05) is 12.1 Å². The van der Waals surface area contributed by atoms with Crippen molar-refractivity contribution >= 4 is 23.7 Å². The Morgan fingerprint density at radius 1 is 0.848 bits per heavy atom. The van der Waals surface area contributed by atoms with Crippen molar-refractivity contribution in [3.05, 3.63) is 100 Å². The molecule has 0 bridgehead atoms. The third-order valence-corrected chi connectivity index (χ3v) is 5.39. The van der Waals surface area contributed by atoms with Crippen LogP contribution in [0.3, 0.4) is 0 Å². The number of nitrogens with one attached hydrogen (secondary N) is 1. The molecule has 0 fully saturated rings. The lowest BCUT2D eigenvalue weighted by atomic mass is 10.1. The van der Waals surface area contributed by atoms with Crippen LogP contribution in [-0.2, 0) is 13.1 Å². The molecule has 0 unspecified atom stereocenters. The minimum Gasteiger partial charge on any atom is -0.497 e. The van der Waals surface area contributed by atoms with Crippen molar-refractivity contribution in [2.24, 2.45) is 0 Å². The van der Waals surface area contributed by atoms with Crippen molar-refractivity contribution in [1.82, 2.24) is 10.2 Å². The number of methoxy groups -OCH3 is 1. The number of fused-ring (bicyclic) bond motifs is 1. The summed E-state index contributed by atoms with van der Waals surface area (Å²) in [6.07, 6.45) is 0. The van der Waals surface area contributed by atoms with Gasteiger partial charge in [0.1, 0.15) is 5.75 Å². The maximum atomic E-state index is 12.9. The number of carbonyl (C=O) groups excluding carboxylic acids is 3. The van der Waals surface area contributed by atoms with E-state index in [0.717, 1.165) is 10.5 Å². The third-order valence-electron chi connectivity index (χ3n) is 5.39. The van der Waals surface area contributed by atoms with E-state index in [9.17, 15) is 19.2 Å². The Balaban J connectivity index is 1.45. The number of carbonyl (C=O) groups is 4. The second kappa shape index (κ2) is 8.96. The predicted octanol–water partition coefficient (Wildman–Crippen LogP) is 3.12. The van der Waals surface area contributed by atoms with Gasteiger partial charge in [0.15, 0.2) is 0 Å². The quantitative estimate of drug-likeness (QED) is 0.542. The van der Waals surface area contributed by atoms with Crippen molar-refractivity contribution in [3.8, 4) is 5.75 Å². The summed E-state index contributed by atoms with van der Waals surface area (Å²) < 4.78 is 5.11. The Labute approximate surface area is 189 Å². The average Bonchev–Trinajstić information content (AvgIpc) is 3.07. The molecule has 0 radical (unpaired) electrons. The molecule has 3 aromatic carbocycles. The molecular weight excluding hydrogens is 424 g/mol. The summed E-state index contributed by atoms with van der Waals surface area (Å²) in [5, 5.41) is 11.8. The van der Waals surface area contributed by atoms with Crippen LogP contribution in [0.25, 0.3) is 0 Å². The molecule has 1 aliphatic heterocycles. The van der Waals surface area contributed by atoms with Crippen molar-refractivity contribution in [1.29, 1.82) is 0 Å². The molecule has 166 valence electrons. The lowest BCUT2D eigenvalue weighted by Gasteiger charge is -2.13. The standard InChI is InChI=1S/C25H20N2O6/c1-33-19-9-4-15(5-10-19)13-26-22(28)18-8-11-20-21(12-18)24(30)27(23(20)29)14-16-2-6-17(7-3-16)25(31)32/h2-12H,13-14H2,1H3,(H,26,28)(H,31,32). The highest BCUT2D eigenvalue weighted by molar-refractivity contribution is 6.22. The number of hydrogen-bond donors (Lipinski definition) is 2. The molecule has 4 rings (SSSR count). The van der Waals surface area contributed by atoms with Gasteiger partial charge in [-0.15, -0.1) is 0 Å². The smallest absolute Gasteiger partial charge is 0.335 e. The van der Waals surface area contributed by atoms with Gasteiger partial charge in [-0.05, 0) is 53.6 Å². The van der Waals surface area contributed by atoms with Gasteiger partial charge in [-0.3, -0.25) is 19.3 Å². The van der Waals surface area contributed by atoms with Crippen LogP contribution in [0.4, 0.5) is 0 Å². The fourth-order valence-electron chi connectivity index (χ4n) is 3.54. The minimum atomic E-state index is -1.06. The normalized spacial score (nSPS) is 12.5. The molecule has 3 aromatic rings. The van der Waals surface area contributed by atoms with Crippen molar-refractivity contribution in [3.63, 3.8) is 0 Å². The maximum Gasteiger partial charge on any atom is 0.335 e. The molecule has 2 N–H and O–H groups in total. The summed E-state index contributed by atoms with van der Waals surface area (Å²) >= 11 is 0. The van der Waals surface area contributed by atoms with Crippen LogP contribution in [0.15, 0.2) is 66.7 Å². The largest absolute Gasteiger partial charge is 0.497 e. The molecule has 0 aliphatic carbocycles. The van der Waals surface area contributed by atoms with E-state index in [4.69, 9.17) is 9.84 Å². The Bertz CT molecular complexity index is 1250. The molecule has 0 saturated carbocycles. The number of aromatic carboxylic acids is 1. The Morgan fingerprint density at radius 2 is 1.45 bits per heavy atom. The van der Waals surface area contributed by atoms with Crippen molar-refractivity contribution < 1.29 is 29.0 Å². The summed E-state index contributed by atoms with van der Waals surface area (Å²) in [5.41, 5.74) is 2.29. The van der Waals surface area contributed by atoms with Crippen LogP contribution in [-0.4, -0.2) is 40.8 Å². The van der Waals surface area contributed by atoms with E-state index in [2.05, 4.69) is 5.32 Å². The highest BCUT2D eigenvalue weighted by Crippen LogP contribution is 2.26. The molecule has 8 heteroatoms. The molecule has 0 saturated heterocycles. The Hall–Kier alpha value is -4.46. The number of ether oxygens (including phenoxy) is 1. The fraction of sp³-hybridized carbons (Fsp3) is 0.120. The van der Waals surface area contributed by atoms with Crippen molar-refractivity contribution in [2.45, 2.75) is 13.1 Å². The van der Waals surface area contributed by atoms with E-state index in [1.807, 2.05) is 12.1 Å². The topological polar surface area (TPSA) is 113 Å². The predicted molar refractivity (Wildman–Crippen MR) is 118 cm³/mol. The summed E-state index contributed by atoms with van der Waals surface area (Å²) in [4.78, 5) is 50.3. The van der Waals surface area contributed by atoms with Gasteiger partial charge in [0.2, 0.25) is 0 Å². The van der Waals surface area contributed by atoms with E-state index in [1.165, 1.54) is 30.3 Å². The number of amides is 3. The van der Waals surface area contributed by atoms with E-state index < -0.39 is 17.8 Å². The molecule has 8 nitrogen and oxygen atoms in total. The first-order valence-electron chi connectivity index (χ1n) is 10.1.